The van der Waals surface area contributed by atoms with Crippen LogP contribution in [0, 0.1) is 7.14 Å². The van der Waals surface area contributed by atoms with E-state index in [0.29, 0.717) is 10.1 Å². The van der Waals surface area contributed by atoms with Crippen molar-refractivity contribution in [2.24, 2.45) is 4.99 Å². The molecule has 2 aromatic rings. The third kappa shape index (κ3) is 4.56. The number of carbonyl (C=O) groups is 1. The van der Waals surface area contributed by atoms with E-state index in [2.05, 4.69) is 62.4 Å². The molecular formula is C18H14I2N2O2S. The molecule has 1 aliphatic rings. The Kier molecular flexibility index (Phi) is 6.05. The lowest BCUT2D eigenvalue weighted by Gasteiger charge is -2.02. The highest BCUT2D eigenvalue weighted by molar-refractivity contribution is 14.1. The summed E-state index contributed by atoms with van der Waals surface area (Å²) >= 11 is 5.47. The average molecular weight is 576 g/mol. The van der Waals surface area contributed by atoms with Gasteiger partial charge in [-0.15, -0.1) is 0 Å². The number of thioether (sulfide) groups is 1. The molecule has 1 fully saturated rings. The summed E-state index contributed by atoms with van der Waals surface area (Å²) in [5, 5.41) is 13.2. The number of amides is 1. The van der Waals surface area contributed by atoms with E-state index in [9.17, 15) is 9.90 Å². The van der Waals surface area contributed by atoms with Crippen molar-refractivity contribution in [3.63, 3.8) is 0 Å². The van der Waals surface area contributed by atoms with Gasteiger partial charge < -0.3 is 10.4 Å². The number of benzene rings is 2. The smallest absolute Gasteiger partial charge is 0.264 e. The van der Waals surface area contributed by atoms with Crippen LogP contribution in [0.25, 0.3) is 6.08 Å². The minimum Gasteiger partial charge on any atom is -0.506 e. The summed E-state index contributed by atoms with van der Waals surface area (Å²) in [4.78, 5) is 17.3. The molecule has 128 valence electrons. The fourth-order valence-electron chi connectivity index (χ4n) is 2.22. The molecule has 7 heteroatoms. The lowest BCUT2D eigenvalue weighted by molar-refractivity contribution is -0.115. The Hall–Kier alpha value is -1.07. The molecule has 1 heterocycles. The van der Waals surface area contributed by atoms with Gasteiger partial charge in [-0.05, 0) is 105 Å². The van der Waals surface area contributed by atoms with Gasteiger partial charge in [0.05, 0.1) is 17.7 Å². The number of carbonyl (C=O) groups excluding carboxylic acids is 1. The molecule has 0 aromatic heterocycles. The second kappa shape index (κ2) is 8.09. The van der Waals surface area contributed by atoms with Crippen molar-refractivity contribution in [2.45, 2.75) is 13.3 Å². The van der Waals surface area contributed by atoms with E-state index in [1.807, 2.05) is 42.5 Å². The average Bonchev–Trinajstić information content (AvgIpc) is 2.92. The maximum absolute atomic E-state index is 12.2. The van der Waals surface area contributed by atoms with Gasteiger partial charge in [0.15, 0.2) is 5.17 Å². The SMILES string of the molecule is CCc1ccc(N=C2NC(=O)/C(=C/c3cc(I)c(O)c(I)c3)S2)cc1. The number of aliphatic imine (C=N–C) groups is 1. The highest BCUT2D eigenvalue weighted by Gasteiger charge is 2.24. The van der Waals surface area contributed by atoms with Gasteiger partial charge in [0, 0.05) is 0 Å². The van der Waals surface area contributed by atoms with Crippen molar-refractivity contribution >= 4 is 79.8 Å². The summed E-state index contributed by atoms with van der Waals surface area (Å²) in [5.41, 5.74) is 2.94. The second-order valence-electron chi connectivity index (χ2n) is 5.33. The summed E-state index contributed by atoms with van der Waals surface area (Å²) in [5.74, 6) is 0.108. The Morgan fingerprint density at radius 2 is 1.84 bits per heavy atom. The lowest BCUT2D eigenvalue weighted by atomic mass is 10.2. The number of halogens is 2. The molecule has 0 radical (unpaired) electrons. The Balaban J connectivity index is 1.83. The van der Waals surface area contributed by atoms with Crippen LogP contribution in [-0.2, 0) is 11.2 Å². The van der Waals surface area contributed by atoms with Crippen LogP contribution in [0.1, 0.15) is 18.1 Å². The normalized spacial score (nSPS) is 17.3. The van der Waals surface area contributed by atoms with Crippen molar-refractivity contribution in [3.8, 4) is 5.75 Å². The van der Waals surface area contributed by atoms with Crippen LogP contribution in [0.4, 0.5) is 5.69 Å². The number of hydrogen-bond acceptors (Lipinski definition) is 4. The van der Waals surface area contributed by atoms with Gasteiger partial charge in [-0.1, -0.05) is 19.1 Å². The first-order valence-electron chi connectivity index (χ1n) is 7.53. The van der Waals surface area contributed by atoms with Crippen LogP contribution in [-0.4, -0.2) is 16.2 Å². The largest absolute Gasteiger partial charge is 0.506 e. The third-order valence-electron chi connectivity index (χ3n) is 3.56. The van der Waals surface area contributed by atoms with E-state index in [-0.39, 0.29) is 11.7 Å². The summed E-state index contributed by atoms with van der Waals surface area (Å²) in [6.45, 7) is 2.11. The molecule has 0 saturated carbocycles. The molecule has 0 aliphatic carbocycles. The van der Waals surface area contributed by atoms with E-state index in [4.69, 9.17) is 0 Å². The van der Waals surface area contributed by atoms with Crippen LogP contribution in [0.2, 0.25) is 0 Å². The van der Waals surface area contributed by atoms with Crippen molar-refractivity contribution in [1.29, 1.82) is 0 Å². The summed E-state index contributed by atoms with van der Waals surface area (Å²) in [7, 11) is 0. The predicted octanol–water partition coefficient (Wildman–Crippen LogP) is 5.06. The van der Waals surface area contributed by atoms with Crippen LogP contribution in [0.15, 0.2) is 46.3 Å². The van der Waals surface area contributed by atoms with Crippen molar-refractivity contribution in [3.05, 3.63) is 59.6 Å². The Labute approximate surface area is 177 Å². The third-order valence-corrected chi connectivity index (χ3v) is 6.12. The number of nitrogens with zero attached hydrogens (tertiary/aromatic N) is 1. The molecular weight excluding hydrogens is 562 g/mol. The number of amidine groups is 1. The van der Waals surface area contributed by atoms with E-state index in [1.165, 1.54) is 17.3 Å². The maximum Gasteiger partial charge on any atom is 0.264 e. The van der Waals surface area contributed by atoms with Gasteiger partial charge in [0.25, 0.3) is 5.91 Å². The maximum atomic E-state index is 12.2. The second-order valence-corrected chi connectivity index (χ2v) is 8.69. The molecule has 4 nitrogen and oxygen atoms in total. The number of aryl methyl sites for hydroxylation is 1. The molecule has 0 spiro atoms. The molecule has 0 bridgehead atoms. The number of nitrogens with one attached hydrogen (secondary N) is 1. The minimum absolute atomic E-state index is 0.160. The van der Waals surface area contributed by atoms with E-state index in [1.54, 1.807) is 0 Å². The first kappa shape index (κ1) is 18.7. The monoisotopic (exact) mass is 576 g/mol. The van der Waals surface area contributed by atoms with Crippen LogP contribution in [0.5, 0.6) is 5.75 Å². The van der Waals surface area contributed by atoms with Gasteiger partial charge in [0.2, 0.25) is 0 Å². The topological polar surface area (TPSA) is 61.7 Å². The standard InChI is InChI=1S/C18H14I2N2O2S/c1-2-10-3-5-12(6-4-10)21-18-22-17(24)15(25-18)9-11-7-13(19)16(23)14(20)8-11/h3-9,23H,2H2,1H3,(H,21,22,24)/b15-9-. The first-order valence-corrected chi connectivity index (χ1v) is 10.5. The molecule has 3 rings (SSSR count). The van der Waals surface area contributed by atoms with Crippen LogP contribution >= 0.6 is 56.9 Å². The van der Waals surface area contributed by atoms with Crippen LogP contribution in [0.3, 0.4) is 0 Å². The quantitative estimate of drug-likeness (QED) is 0.397. The molecule has 0 unspecified atom stereocenters. The van der Waals surface area contributed by atoms with Crippen LogP contribution < -0.4 is 5.32 Å². The van der Waals surface area contributed by atoms with Gasteiger partial charge in [0.1, 0.15) is 5.75 Å². The number of phenolic OH excluding ortho intramolecular Hbond substituents is 1. The Bertz CT molecular complexity index is 869. The first-order chi connectivity index (χ1) is 12.0. The highest BCUT2D eigenvalue weighted by atomic mass is 127. The van der Waals surface area contributed by atoms with Gasteiger partial charge in [-0.3, -0.25) is 4.79 Å². The van der Waals surface area contributed by atoms with E-state index < -0.39 is 0 Å². The van der Waals surface area contributed by atoms with E-state index >= 15 is 0 Å². The zero-order chi connectivity index (χ0) is 18.0. The van der Waals surface area contributed by atoms with Crippen molar-refractivity contribution in [2.75, 3.05) is 0 Å². The molecule has 2 aromatic carbocycles. The van der Waals surface area contributed by atoms with Gasteiger partial charge >= 0.3 is 0 Å². The van der Waals surface area contributed by atoms with E-state index in [0.717, 1.165) is 24.8 Å². The molecule has 1 aliphatic heterocycles. The predicted molar refractivity (Wildman–Crippen MR) is 120 cm³/mol. The zero-order valence-electron chi connectivity index (χ0n) is 13.2. The zero-order valence-corrected chi connectivity index (χ0v) is 18.3. The summed E-state index contributed by atoms with van der Waals surface area (Å²) in [6.07, 6.45) is 2.80. The lowest BCUT2D eigenvalue weighted by Crippen LogP contribution is -2.19. The number of aromatic hydroxyl groups is 1. The molecule has 0 atom stereocenters. The van der Waals surface area contributed by atoms with Gasteiger partial charge in [-0.2, -0.15) is 0 Å². The Morgan fingerprint density at radius 1 is 1.20 bits per heavy atom. The highest BCUT2D eigenvalue weighted by Crippen LogP contribution is 2.31. The number of phenols is 1. The number of hydrogen-bond donors (Lipinski definition) is 2. The fraction of sp³-hybridized carbons (Fsp3) is 0.111. The molecule has 2 N–H and O–H groups in total. The van der Waals surface area contributed by atoms with Crippen molar-refractivity contribution in [1.82, 2.24) is 5.32 Å². The number of rotatable bonds is 3. The van der Waals surface area contributed by atoms with Gasteiger partial charge in [-0.25, -0.2) is 4.99 Å². The molecule has 25 heavy (non-hydrogen) atoms. The Morgan fingerprint density at radius 3 is 2.44 bits per heavy atom. The van der Waals surface area contributed by atoms with Crippen molar-refractivity contribution < 1.29 is 9.90 Å². The summed E-state index contributed by atoms with van der Waals surface area (Å²) < 4.78 is 1.51. The fourth-order valence-corrected chi connectivity index (χ4v) is 4.88. The molecule has 1 saturated heterocycles. The summed E-state index contributed by atoms with van der Waals surface area (Å²) in [6, 6.07) is 11.7. The molecule has 1 amide bonds. The minimum atomic E-state index is -0.160.